The zero-order chi connectivity index (χ0) is 11.9. The number of carbonyl (C=O) groups is 1. The van der Waals surface area contributed by atoms with Crippen LogP contribution >= 0.6 is 22.6 Å². The number of hydrogen-bond donors (Lipinski definition) is 0. The van der Waals surface area contributed by atoms with Crippen molar-refractivity contribution in [1.82, 2.24) is 4.57 Å². The van der Waals surface area contributed by atoms with Crippen LogP contribution < -0.4 is 0 Å². The maximum atomic E-state index is 12.0. The van der Waals surface area contributed by atoms with Crippen molar-refractivity contribution in [3.63, 3.8) is 0 Å². The van der Waals surface area contributed by atoms with E-state index in [0.29, 0.717) is 5.92 Å². The van der Waals surface area contributed by atoms with Crippen molar-refractivity contribution >= 4 is 28.7 Å². The van der Waals surface area contributed by atoms with Crippen molar-refractivity contribution in [1.29, 1.82) is 0 Å². The van der Waals surface area contributed by atoms with Gasteiger partial charge in [0.05, 0.1) is 0 Å². The molecule has 0 aliphatic heterocycles. The summed E-state index contributed by atoms with van der Waals surface area (Å²) in [7, 11) is 0. The summed E-state index contributed by atoms with van der Waals surface area (Å²) in [6, 6.07) is 2.07. The Hall–Kier alpha value is -0.520. The number of carbonyl (C=O) groups excluding carboxylic acids is 1. The summed E-state index contributed by atoms with van der Waals surface area (Å²) in [5.41, 5.74) is 0.659. The summed E-state index contributed by atoms with van der Waals surface area (Å²) in [5.74, 6) is 0.552. The Morgan fingerprint density at radius 1 is 1.50 bits per heavy atom. The van der Waals surface area contributed by atoms with Gasteiger partial charge in [-0.2, -0.15) is 0 Å². The van der Waals surface area contributed by atoms with Crippen molar-refractivity contribution < 1.29 is 9.53 Å². The second-order valence-electron chi connectivity index (χ2n) is 5.21. The summed E-state index contributed by atoms with van der Waals surface area (Å²) in [6.07, 6.45) is 3.95. The molecular weight excluding hydrogens is 317 g/mol. The number of ether oxygens (including phenoxy) is 1. The molecule has 0 atom stereocenters. The van der Waals surface area contributed by atoms with Gasteiger partial charge in [-0.05, 0) is 68.2 Å². The monoisotopic (exact) mass is 333 g/mol. The molecule has 4 heteroatoms. The van der Waals surface area contributed by atoms with Crippen LogP contribution in [0.1, 0.15) is 45.2 Å². The van der Waals surface area contributed by atoms with Crippen molar-refractivity contribution in [2.45, 2.75) is 45.1 Å². The molecule has 0 spiro atoms. The summed E-state index contributed by atoms with van der Waals surface area (Å²) in [6.45, 7) is 5.66. The predicted molar refractivity (Wildman–Crippen MR) is 70.8 cm³/mol. The van der Waals surface area contributed by atoms with Crippen molar-refractivity contribution in [3.05, 3.63) is 21.5 Å². The molecule has 1 heterocycles. The lowest BCUT2D eigenvalue weighted by Crippen LogP contribution is -2.27. The lowest BCUT2D eigenvalue weighted by Gasteiger charge is -2.20. The van der Waals surface area contributed by atoms with Crippen LogP contribution in [0.15, 0.2) is 12.3 Å². The van der Waals surface area contributed by atoms with Crippen LogP contribution in [0, 0.1) is 3.57 Å². The van der Waals surface area contributed by atoms with Gasteiger partial charge in [0.15, 0.2) is 0 Å². The number of halogens is 1. The summed E-state index contributed by atoms with van der Waals surface area (Å²) in [4.78, 5) is 12.0. The fraction of sp³-hybridized carbons (Fsp3) is 0.583. The van der Waals surface area contributed by atoms with E-state index in [1.807, 2.05) is 27.0 Å². The second-order valence-corrected chi connectivity index (χ2v) is 6.45. The van der Waals surface area contributed by atoms with Crippen LogP contribution in [-0.2, 0) is 4.74 Å². The topological polar surface area (TPSA) is 31.2 Å². The maximum Gasteiger partial charge on any atom is 0.418 e. The van der Waals surface area contributed by atoms with Gasteiger partial charge in [0, 0.05) is 15.5 Å². The summed E-state index contributed by atoms with van der Waals surface area (Å²) < 4.78 is 8.12. The zero-order valence-corrected chi connectivity index (χ0v) is 11.9. The van der Waals surface area contributed by atoms with E-state index < -0.39 is 5.60 Å². The smallest absolute Gasteiger partial charge is 0.418 e. The van der Waals surface area contributed by atoms with Crippen LogP contribution in [0.5, 0.6) is 0 Å². The number of nitrogens with zero attached hydrogens (tertiary/aromatic N) is 1. The lowest BCUT2D eigenvalue weighted by molar-refractivity contribution is 0.0532. The first-order chi connectivity index (χ1) is 7.37. The number of aromatic nitrogens is 1. The van der Waals surface area contributed by atoms with E-state index in [-0.39, 0.29) is 6.09 Å². The highest BCUT2D eigenvalue weighted by atomic mass is 127. The van der Waals surface area contributed by atoms with Gasteiger partial charge in [0.2, 0.25) is 0 Å². The van der Waals surface area contributed by atoms with Gasteiger partial charge < -0.3 is 4.74 Å². The van der Waals surface area contributed by atoms with Gasteiger partial charge >= 0.3 is 6.09 Å². The number of rotatable bonds is 1. The Kier molecular flexibility index (Phi) is 3.03. The first-order valence-electron chi connectivity index (χ1n) is 5.48. The Bertz CT molecular complexity index is 413. The van der Waals surface area contributed by atoms with E-state index in [2.05, 4.69) is 28.7 Å². The van der Waals surface area contributed by atoms with Gasteiger partial charge in [-0.25, -0.2) is 4.79 Å². The SMILES string of the molecule is CC(C)(C)OC(=O)n1cc(I)cc1C1CC1. The molecule has 0 bridgehead atoms. The fourth-order valence-corrected chi connectivity index (χ4v) is 2.21. The lowest BCUT2D eigenvalue weighted by atomic mass is 10.2. The largest absolute Gasteiger partial charge is 0.443 e. The third-order valence-corrected chi connectivity index (χ3v) is 2.99. The average molecular weight is 333 g/mol. The molecule has 1 aliphatic rings. The Morgan fingerprint density at radius 2 is 2.12 bits per heavy atom. The quantitative estimate of drug-likeness (QED) is 0.733. The summed E-state index contributed by atoms with van der Waals surface area (Å²) >= 11 is 2.23. The molecule has 1 aliphatic carbocycles. The molecule has 16 heavy (non-hydrogen) atoms. The van der Waals surface area contributed by atoms with Gasteiger partial charge in [-0.3, -0.25) is 4.57 Å². The molecule has 0 amide bonds. The molecule has 0 radical (unpaired) electrons. The predicted octanol–water partition coefficient (Wildman–Crippen LogP) is 3.75. The molecule has 0 aromatic carbocycles. The number of hydrogen-bond acceptors (Lipinski definition) is 2. The van der Waals surface area contributed by atoms with E-state index in [0.717, 1.165) is 9.26 Å². The highest BCUT2D eigenvalue weighted by Crippen LogP contribution is 2.41. The Labute approximate surface area is 109 Å². The molecule has 3 nitrogen and oxygen atoms in total. The zero-order valence-electron chi connectivity index (χ0n) is 9.79. The Balaban J connectivity index is 2.22. The van der Waals surface area contributed by atoms with E-state index >= 15 is 0 Å². The van der Waals surface area contributed by atoms with Gasteiger partial charge in [0.1, 0.15) is 5.60 Å². The normalized spacial score (nSPS) is 16.2. The molecular formula is C12H16INO2. The third kappa shape index (κ3) is 2.78. The van der Waals surface area contributed by atoms with E-state index in [1.54, 1.807) is 4.57 Å². The molecule has 2 rings (SSSR count). The van der Waals surface area contributed by atoms with Crippen molar-refractivity contribution in [2.24, 2.45) is 0 Å². The van der Waals surface area contributed by atoms with E-state index in [9.17, 15) is 4.79 Å². The van der Waals surface area contributed by atoms with Crippen LogP contribution in [0.2, 0.25) is 0 Å². The summed E-state index contributed by atoms with van der Waals surface area (Å²) in [5, 5.41) is 0. The molecule has 1 fully saturated rings. The van der Waals surface area contributed by atoms with Crippen LogP contribution in [-0.4, -0.2) is 16.3 Å². The second kappa shape index (κ2) is 4.05. The molecule has 0 unspecified atom stereocenters. The Morgan fingerprint density at radius 3 is 2.62 bits per heavy atom. The van der Waals surface area contributed by atoms with Crippen LogP contribution in [0.25, 0.3) is 0 Å². The highest BCUT2D eigenvalue weighted by molar-refractivity contribution is 14.1. The van der Waals surface area contributed by atoms with E-state index in [1.165, 1.54) is 12.8 Å². The molecule has 1 saturated carbocycles. The molecule has 0 saturated heterocycles. The van der Waals surface area contributed by atoms with Crippen LogP contribution in [0.4, 0.5) is 4.79 Å². The first-order valence-corrected chi connectivity index (χ1v) is 6.56. The average Bonchev–Trinajstić information content (AvgIpc) is 2.87. The molecule has 1 aromatic rings. The maximum absolute atomic E-state index is 12.0. The third-order valence-electron chi connectivity index (χ3n) is 2.40. The minimum Gasteiger partial charge on any atom is -0.443 e. The van der Waals surface area contributed by atoms with Crippen molar-refractivity contribution in [2.75, 3.05) is 0 Å². The highest BCUT2D eigenvalue weighted by Gasteiger charge is 2.30. The van der Waals surface area contributed by atoms with Gasteiger partial charge in [-0.1, -0.05) is 0 Å². The molecule has 88 valence electrons. The fourth-order valence-electron chi connectivity index (χ4n) is 1.61. The van der Waals surface area contributed by atoms with E-state index in [4.69, 9.17) is 4.74 Å². The minimum atomic E-state index is -0.437. The first kappa shape index (κ1) is 12.0. The molecule has 0 N–H and O–H groups in total. The molecule has 1 aromatic heterocycles. The van der Waals surface area contributed by atoms with Crippen molar-refractivity contribution in [3.8, 4) is 0 Å². The van der Waals surface area contributed by atoms with Gasteiger partial charge in [-0.15, -0.1) is 0 Å². The van der Waals surface area contributed by atoms with Gasteiger partial charge in [0.25, 0.3) is 0 Å². The van der Waals surface area contributed by atoms with Crippen LogP contribution in [0.3, 0.4) is 0 Å². The standard InChI is InChI=1S/C12H16INO2/c1-12(2,3)16-11(15)14-7-9(13)6-10(14)8-4-5-8/h6-8H,4-5H2,1-3H3. The minimum absolute atomic E-state index is 0.266.